The Bertz CT molecular complexity index is 531. The van der Waals surface area contributed by atoms with Crippen LogP contribution in [0.1, 0.15) is 37.7 Å². The van der Waals surface area contributed by atoms with E-state index < -0.39 is 0 Å². The van der Waals surface area contributed by atoms with E-state index in [9.17, 15) is 9.18 Å². The number of carbonyl (C=O) groups is 1. The van der Waals surface area contributed by atoms with E-state index in [1.165, 1.54) is 44.2 Å². The summed E-state index contributed by atoms with van der Waals surface area (Å²) < 4.78 is 12.9. The summed E-state index contributed by atoms with van der Waals surface area (Å²) in [5.41, 5.74) is 1.02. The molecule has 1 aromatic rings. The van der Waals surface area contributed by atoms with Gasteiger partial charge in [-0.25, -0.2) is 4.39 Å². The zero-order valence-corrected chi connectivity index (χ0v) is 13.9. The molecule has 2 saturated carbocycles. The molecule has 4 heteroatoms. The highest BCUT2D eigenvalue weighted by Crippen LogP contribution is 2.47. The first-order valence-electron chi connectivity index (χ1n) is 8.81. The Morgan fingerprint density at radius 3 is 2.78 bits per heavy atom. The van der Waals surface area contributed by atoms with Gasteiger partial charge in [-0.2, -0.15) is 0 Å². The average Bonchev–Trinajstić information content (AvgIpc) is 3.11. The highest BCUT2D eigenvalue weighted by Gasteiger charge is 2.38. The van der Waals surface area contributed by atoms with Gasteiger partial charge >= 0.3 is 0 Å². The molecular weight excluding hydrogens is 291 g/mol. The van der Waals surface area contributed by atoms with E-state index in [-0.39, 0.29) is 11.7 Å². The monoisotopic (exact) mass is 318 g/mol. The number of benzene rings is 1. The second-order valence-electron chi connectivity index (χ2n) is 7.30. The van der Waals surface area contributed by atoms with Crippen LogP contribution in [-0.4, -0.2) is 30.9 Å². The zero-order valence-electron chi connectivity index (χ0n) is 13.9. The van der Waals surface area contributed by atoms with E-state index in [1.54, 1.807) is 12.1 Å². The molecule has 1 aromatic carbocycles. The van der Waals surface area contributed by atoms with Crippen molar-refractivity contribution < 1.29 is 9.18 Å². The Morgan fingerprint density at radius 2 is 2.00 bits per heavy atom. The average molecular weight is 318 g/mol. The molecule has 0 bridgehead atoms. The molecule has 2 aliphatic carbocycles. The van der Waals surface area contributed by atoms with Crippen LogP contribution in [0.3, 0.4) is 0 Å². The second-order valence-corrected chi connectivity index (χ2v) is 7.30. The lowest BCUT2D eigenvalue weighted by molar-refractivity contribution is -0.122. The standard InChI is InChI=1S/C19H27FN2O/c1-22(12-14-5-9-17(20)10-6-14)13-19(23)21-11-16-8-7-15-3-2-4-18(15)16/h5-6,9-10,15-16,18H,2-4,7-8,11-13H2,1H3,(H,21,23)/t15-,16+,18-/m0/s1. The first kappa shape index (κ1) is 16.4. The lowest BCUT2D eigenvalue weighted by atomic mass is 9.92. The van der Waals surface area contributed by atoms with Gasteiger partial charge in [-0.3, -0.25) is 9.69 Å². The normalized spacial score (nSPS) is 26.5. The van der Waals surface area contributed by atoms with Crippen LogP contribution in [0.25, 0.3) is 0 Å². The summed E-state index contributed by atoms with van der Waals surface area (Å²) >= 11 is 0. The fourth-order valence-electron chi connectivity index (χ4n) is 4.44. The molecule has 0 unspecified atom stereocenters. The Hall–Kier alpha value is -1.42. The van der Waals surface area contributed by atoms with Crippen LogP contribution in [-0.2, 0) is 11.3 Å². The van der Waals surface area contributed by atoms with Crippen molar-refractivity contribution in [3.05, 3.63) is 35.6 Å². The van der Waals surface area contributed by atoms with E-state index in [2.05, 4.69) is 5.32 Å². The molecule has 0 radical (unpaired) electrons. The molecule has 1 amide bonds. The van der Waals surface area contributed by atoms with E-state index in [1.807, 2.05) is 11.9 Å². The number of rotatable bonds is 6. The summed E-state index contributed by atoms with van der Waals surface area (Å²) in [6.45, 7) is 1.88. The Labute approximate surface area is 138 Å². The van der Waals surface area contributed by atoms with Gasteiger partial charge in [0.05, 0.1) is 6.54 Å². The Kier molecular flexibility index (Phi) is 5.31. The molecule has 0 heterocycles. The number of hydrogen-bond donors (Lipinski definition) is 1. The van der Waals surface area contributed by atoms with Crippen molar-refractivity contribution in [3.8, 4) is 0 Å². The molecule has 2 fully saturated rings. The van der Waals surface area contributed by atoms with E-state index in [4.69, 9.17) is 0 Å². The maximum atomic E-state index is 12.9. The zero-order chi connectivity index (χ0) is 16.2. The largest absolute Gasteiger partial charge is 0.355 e. The Balaban J connectivity index is 1.39. The van der Waals surface area contributed by atoms with Gasteiger partial charge in [-0.1, -0.05) is 25.0 Å². The summed E-state index contributed by atoms with van der Waals surface area (Å²) in [6, 6.07) is 6.45. The fraction of sp³-hybridized carbons (Fsp3) is 0.632. The first-order valence-corrected chi connectivity index (χ1v) is 8.81. The molecule has 126 valence electrons. The van der Waals surface area contributed by atoms with Crippen molar-refractivity contribution in [2.45, 2.75) is 38.6 Å². The summed E-state index contributed by atoms with van der Waals surface area (Å²) in [4.78, 5) is 14.1. The van der Waals surface area contributed by atoms with Gasteiger partial charge in [0, 0.05) is 13.1 Å². The van der Waals surface area contributed by atoms with Crippen molar-refractivity contribution in [3.63, 3.8) is 0 Å². The number of fused-ring (bicyclic) bond motifs is 1. The second kappa shape index (κ2) is 7.43. The van der Waals surface area contributed by atoms with Gasteiger partial charge in [0.1, 0.15) is 5.82 Å². The first-order chi connectivity index (χ1) is 11.1. The van der Waals surface area contributed by atoms with Crippen LogP contribution in [0.5, 0.6) is 0 Å². The van der Waals surface area contributed by atoms with Crippen LogP contribution in [0.2, 0.25) is 0 Å². The van der Waals surface area contributed by atoms with Gasteiger partial charge < -0.3 is 5.32 Å². The number of likely N-dealkylation sites (N-methyl/N-ethyl adjacent to an activating group) is 1. The molecule has 0 saturated heterocycles. The molecule has 3 rings (SSSR count). The van der Waals surface area contributed by atoms with Gasteiger partial charge in [0.25, 0.3) is 0 Å². The van der Waals surface area contributed by atoms with Crippen LogP contribution in [0.15, 0.2) is 24.3 Å². The third kappa shape index (κ3) is 4.31. The molecule has 0 aromatic heterocycles. The van der Waals surface area contributed by atoms with Gasteiger partial charge in [-0.15, -0.1) is 0 Å². The molecule has 3 nitrogen and oxygen atoms in total. The SMILES string of the molecule is CN(CC(=O)NC[C@H]1CC[C@@H]2CCC[C@@H]21)Cc1ccc(F)cc1. The summed E-state index contributed by atoms with van der Waals surface area (Å²) in [5, 5.41) is 3.12. The minimum absolute atomic E-state index is 0.0936. The van der Waals surface area contributed by atoms with Crippen LogP contribution < -0.4 is 5.32 Å². The highest BCUT2D eigenvalue weighted by molar-refractivity contribution is 5.77. The molecule has 3 atom stereocenters. The quantitative estimate of drug-likeness (QED) is 0.873. The minimum atomic E-state index is -0.226. The van der Waals surface area contributed by atoms with E-state index in [0.717, 1.165) is 23.9 Å². The summed E-state index contributed by atoms with van der Waals surface area (Å²) in [7, 11) is 1.92. The van der Waals surface area contributed by atoms with Crippen molar-refractivity contribution in [1.29, 1.82) is 0 Å². The van der Waals surface area contributed by atoms with Crippen molar-refractivity contribution >= 4 is 5.91 Å². The van der Waals surface area contributed by atoms with Gasteiger partial charge in [0.15, 0.2) is 0 Å². The lowest BCUT2D eigenvalue weighted by Gasteiger charge is -2.20. The molecule has 1 N–H and O–H groups in total. The molecule has 2 aliphatic rings. The number of carbonyl (C=O) groups excluding carboxylic acids is 1. The third-order valence-corrected chi connectivity index (χ3v) is 5.57. The maximum Gasteiger partial charge on any atom is 0.234 e. The Morgan fingerprint density at radius 1 is 1.22 bits per heavy atom. The number of nitrogens with zero attached hydrogens (tertiary/aromatic N) is 1. The molecular formula is C19H27FN2O. The van der Waals surface area contributed by atoms with Crippen LogP contribution in [0, 0.1) is 23.6 Å². The highest BCUT2D eigenvalue weighted by atomic mass is 19.1. The van der Waals surface area contributed by atoms with E-state index >= 15 is 0 Å². The molecule has 23 heavy (non-hydrogen) atoms. The van der Waals surface area contributed by atoms with Gasteiger partial charge in [-0.05, 0) is 61.8 Å². The number of hydrogen-bond acceptors (Lipinski definition) is 2. The fourth-order valence-corrected chi connectivity index (χ4v) is 4.44. The predicted molar refractivity (Wildman–Crippen MR) is 89.3 cm³/mol. The molecule has 0 spiro atoms. The third-order valence-electron chi connectivity index (χ3n) is 5.57. The van der Waals surface area contributed by atoms with Crippen molar-refractivity contribution in [2.24, 2.45) is 17.8 Å². The minimum Gasteiger partial charge on any atom is -0.355 e. The van der Waals surface area contributed by atoms with E-state index in [0.29, 0.717) is 19.0 Å². The predicted octanol–water partition coefficient (Wildman–Crippen LogP) is 3.20. The smallest absolute Gasteiger partial charge is 0.234 e. The summed E-state index contributed by atoms with van der Waals surface area (Å²) in [5.74, 6) is 2.34. The van der Waals surface area contributed by atoms with Gasteiger partial charge in [0.2, 0.25) is 5.91 Å². The number of amides is 1. The van der Waals surface area contributed by atoms with Crippen LogP contribution in [0.4, 0.5) is 4.39 Å². The lowest BCUT2D eigenvalue weighted by Crippen LogP contribution is -2.38. The molecule has 0 aliphatic heterocycles. The topological polar surface area (TPSA) is 32.3 Å². The number of nitrogens with one attached hydrogen (secondary N) is 1. The van der Waals surface area contributed by atoms with Crippen molar-refractivity contribution in [1.82, 2.24) is 10.2 Å². The van der Waals surface area contributed by atoms with Crippen molar-refractivity contribution in [2.75, 3.05) is 20.1 Å². The van der Waals surface area contributed by atoms with Crippen LogP contribution >= 0.6 is 0 Å². The summed E-state index contributed by atoms with van der Waals surface area (Å²) in [6.07, 6.45) is 6.77. The maximum absolute atomic E-state index is 12.9. The number of halogens is 1.